The Kier molecular flexibility index (Phi) is 4.17. The molecule has 94 valence electrons. The molecule has 0 saturated carbocycles. The van der Waals surface area contributed by atoms with E-state index in [1.807, 2.05) is 29.9 Å². The van der Waals surface area contributed by atoms with E-state index < -0.39 is 16.1 Å². The van der Waals surface area contributed by atoms with Gasteiger partial charge in [0.25, 0.3) is 5.24 Å². The molecule has 1 aromatic carbocycles. The molecule has 0 spiro atoms. The number of nitrogens with zero attached hydrogens (tertiary/aromatic N) is 2. The van der Waals surface area contributed by atoms with Crippen LogP contribution in [0.15, 0.2) is 52.0 Å². The van der Waals surface area contributed by atoms with Crippen LogP contribution in [0, 0.1) is 0 Å². The number of rotatable bonds is 3. The van der Waals surface area contributed by atoms with Crippen LogP contribution in [0.5, 0.6) is 0 Å². The summed E-state index contributed by atoms with van der Waals surface area (Å²) in [5.41, 5.74) is 3.68. The van der Waals surface area contributed by atoms with Gasteiger partial charge in [0.15, 0.2) is 5.17 Å². The number of thiol groups is 1. The van der Waals surface area contributed by atoms with Gasteiger partial charge in [0.05, 0.1) is 0 Å². The first-order chi connectivity index (χ1) is 8.68. The fourth-order valence-electron chi connectivity index (χ4n) is 1.40. The minimum Gasteiger partial charge on any atom is -0.274 e. The molecule has 1 N–H and O–H groups in total. The molecule has 6 heteroatoms. The molecule has 0 aliphatic carbocycles. The highest BCUT2D eigenvalue weighted by Crippen LogP contribution is 2.27. The summed E-state index contributed by atoms with van der Waals surface area (Å²) in [6.45, 7) is 0. The molecule has 1 aliphatic rings. The van der Waals surface area contributed by atoms with Crippen molar-refractivity contribution in [2.24, 2.45) is 10.1 Å². The first-order valence-electron chi connectivity index (χ1n) is 5.25. The zero-order valence-corrected chi connectivity index (χ0v) is 11.3. The molecule has 18 heavy (non-hydrogen) atoms. The van der Waals surface area contributed by atoms with Crippen LogP contribution in [-0.4, -0.2) is 22.4 Å². The predicted octanol–water partition coefficient (Wildman–Crippen LogP) is 2.22. The van der Waals surface area contributed by atoms with Crippen molar-refractivity contribution in [2.75, 3.05) is 6.26 Å². The van der Waals surface area contributed by atoms with Crippen molar-refractivity contribution in [2.45, 2.75) is 0 Å². The molecule has 2 rings (SSSR count). The van der Waals surface area contributed by atoms with E-state index in [-0.39, 0.29) is 5.71 Å². The van der Waals surface area contributed by atoms with Gasteiger partial charge in [0, 0.05) is 11.8 Å². The molecule has 0 amide bonds. The minimum absolute atomic E-state index is 0.190. The lowest BCUT2D eigenvalue weighted by molar-refractivity contribution is -0.106. The summed E-state index contributed by atoms with van der Waals surface area (Å²) in [7, 11) is -0.450. The molecule has 0 radical (unpaired) electrons. The molecule has 1 unspecified atom stereocenters. The molecular formula is C12H12ClN3OS. The molecule has 1 atom stereocenters. The highest BCUT2D eigenvalue weighted by Gasteiger charge is 2.13. The number of amidine groups is 1. The summed E-state index contributed by atoms with van der Waals surface area (Å²) in [5, 5.41) is 6.22. The Bertz CT molecular complexity index is 540. The van der Waals surface area contributed by atoms with E-state index in [1.165, 1.54) is 0 Å². The molecule has 1 aliphatic heterocycles. The molecule has 0 fully saturated rings. The van der Waals surface area contributed by atoms with Gasteiger partial charge >= 0.3 is 0 Å². The van der Waals surface area contributed by atoms with Crippen LogP contribution in [-0.2, 0) is 4.79 Å². The van der Waals surface area contributed by atoms with Gasteiger partial charge < -0.3 is 0 Å². The lowest BCUT2D eigenvalue weighted by Crippen LogP contribution is -2.20. The normalized spacial score (nSPS) is 20.7. The summed E-state index contributed by atoms with van der Waals surface area (Å²) in [5.74, 6) is 0. The van der Waals surface area contributed by atoms with Gasteiger partial charge in [-0.15, -0.1) is 0 Å². The highest BCUT2D eigenvalue weighted by molar-refractivity contribution is 8.31. The minimum atomic E-state index is -0.597. The van der Waals surface area contributed by atoms with Gasteiger partial charge in [-0.25, -0.2) is 4.99 Å². The van der Waals surface area contributed by atoms with E-state index in [2.05, 4.69) is 15.5 Å². The van der Waals surface area contributed by atoms with Gasteiger partial charge in [-0.05, 0) is 23.3 Å². The summed E-state index contributed by atoms with van der Waals surface area (Å²) in [4.78, 5) is 15.5. The van der Waals surface area contributed by atoms with Crippen molar-refractivity contribution in [3.8, 4) is 0 Å². The Morgan fingerprint density at radius 2 is 2.11 bits per heavy atom. The average Bonchev–Trinajstić information content (AvgIpc) is 2.76. The van der Waals surface area contributed by atoms with E-state index >= 15 is 0 Å². The summed E-state index contributed by atoms with van der Waals surface area (Å²) in [6.07, 6.45) is 3.78. The zero-order valence-electron chi connectivity index (χ0n) is 9.67. The van der Waals surface area contributed by atoms with Crippen molar-refractivity contribution in [1.82, 2.24) is 5.43 Å². The van der Waals surface area contributed by atoms with Crippen LogP contribution in [0.1, 0.15) is 5.56 Å². The molecule has 1 aromatic rings. The zero-order chi connectivity index (χ0) is 13.0. The molecule has 0 aromatic heterocycles. The molecule has 0 bridgehead atoms. The third-order valence-corrected chi connectivity index (χ3v) is 3.97. The summed E-state index contributed by atoms with van der Waals surface area (Å²) >= 11 is 5.54. The second kappa shape index (κ2) is 5.84. The van der Waals surface area contributed by atoms with Crippen LogP contribution in [0.3, 0.4) is 0 Å². The topological polar surface area (TPSA) is 53.8 Å². The molecule has 4 nitrogen and oxygen atoms in total. The molecule has 0 saturated heterocycles. The van der Waals surface area contributed by atoms with Gasteiger partial charge in [0.2, 0.25) is 0 Å². The number of halogens is 1. The molecular weight excluding hydrogens is 270 g/mol. The van der Waals surface area contributed by atoms with E-state index in [0.29, 0.717) is 5.56 Å². The van der Waals surface area contributed by atoms with Gasteiger partial charge in [-0.1, -0.05) is 30.3 Å². The second-order valence-electron chi connectivity index (χ2n) is 3.57. The number of carbonyl (C=O) groups is 1. The van der Waals surface area contributed by atoms with Gasteiger partial charge in [0.1, 0.15) is 5.71 Å². The largest absolute Gasteiger partial charge is 0.274 e. The Morgan fingerprint density at radius 3 is 2.67 bits per heavy atom. The Hall–Kier alpha value is -1.59. The number of aliphatic imine (C=N–C) groups is 1. The molecule has 1 heterocycles. The van der Waals surface area contributed by atoms with Crippen LogP contribution < -0.4 is 5.43 Å². The first-order valence-corrected chi connectivity index (χ1v) is 7.48. The Labute approximate surface area is 113 Å². The van der Waals surface area contributed by atoms with Crippen molar-refractivity contribution >= 4 is 38.6 Å². The van der Waals surface area contributed by atoms with Gasteiger partial charge in [-0.2, -0.15) is 16.0 Å². The van der Waals surface area contributed by atoms with E-state index in [9.17, 15) is 4.79 Å². The SMILES string of the molecule is C[SH]1C=CN=C1NN=C(C(=O)Cl)c1ccccc1. The smallest absolute Gasteiger partial charge is 0.273 e. The third kappa shape index (κ3) is 3.00. The average molecular weight is 282 g/mol. The highest BCUT2D eigenvalue weighted by atomic mass is 35.5. The predicted molar refractivity (Wildman–Crippen MR) is 78.5 cm³/mol. The monoisotopic (exact) mass is 281 g/mol. The maximum atomic E-state index is 11.4. The number of hydrogen-bond donors (Lipinski definition) is 2. The van der Waals surface area contributed by atoms with E-state index in [0.717, 1.165) is 5.17 Å². The number of nitrogens with one attached hydrogen (secondary N) is 1. The summed E-state index contributed by atoms with van der Waals surface area (Å²) < 4.78 is 0. The van der Waals surface area contributed by atoms with Crippen molar-refractivity contribution < 1.29 is 4.79 Å². The summed E-state index contributed by atoms with van der Waals surface area (Å²) in [6, 6.07) is 9.08. The van der Waals surface area contributed by atoms with Crippen LogP contribution >= 0.6 is 22.5 Å². The maximum absolute atomic E-state index is 11.4. The number of benzene rings is 1. The lowest BCUT2D eigenvalue weighted by Gasteiger charge is -2.09. The quantitative estimate of drug-likeness (QED) is 0.386. The fraction of sp³-hybridized carbons (Fsp3) is 0.0833. The Morgan fingerprint density at radius 1 is 1.39 bits per heavy atom. The number of hydrazone groups is 1. The standard InChI is InChI=1S/C12H12ClN3OS/c1-18-8-7-14-12(18)16-15-10(11(13)17)9-5-3-2-4-6-9/h2-8,18H,1H3,(H,14,16). The van der Waals surface area contributed by atoms with Crippen LogP contribution in [0.2, 0.25) is 0 Å². The number of hydrogen-bond acceptors (Lipinski definition) is 4. The number of carbonyl (C=O) groups excluding carboxylic acids is 1. The first kappa shape index (κ1) is 12.9. The van der Waals surface area contributed by atoms with Crippen molar-refractivity contribution in [3.63, 3.8) is 0 Å². The maximum Gasteiger partial charge on any atom is 0.273 e. The lowest BCUT2D eigenvalue weighted by atomic mass is 10.1. The van der Waals surface area contributed by atoms with Crippen LogP contribution in [0.25, 0.3) is 0 Å². The van der Waals surface area contributed by atoms with E-state index in [4.69, 9.17) is 11.6 Å². The van der Waals surface area contributed by atoms with Crippen molar-refractivity contribution in [1.29, 1.82) is 0 Å². The second-order valence-corrected chi connectivity index (χ2v) is 5.86. The fourth-order valence-corrected chi connectivity index (χ4v) is 2.41. The van der Waals surface area contributed by atoms with Crippen LogP contribution in [0.4, 0.5) is 0 Å². The van der Waals surface area contributed by atoms with Crippen molar-refractivity contribution in [3.05, 3.63) is 47.5 Å². The van der Waals surface area contributed by atoms with Gasteiger partial charge in [-0.3, -0.25) is 10.2 Å². The van der Waals surface area contributed by atoms with E-state index in [1.54, 1.807) is 18.3 Å². The third-order valence-electron chi connectivity index (χ3n) is 2.32. The Balaban J connectivity index is 2.19.